The second-order valence-corrected chi connectivity index (χ2v) is 5.02. The summed E-state index contributed by atoms with van der Waals surface area (Å²) in [6.45, 7) is 10.4. The first kappa shape index (κ1) is 16.1. The molecule has 20 heavy (non-hydrogen) atoms. The number of aryl methyl sites for hydroxylation is 1. The van der Waals surface area contributed by atoms with Crippen LogP contribution < -0.4 is 10.6 Å². The van der Waals surface area contributed by atoms with Crippen molar-refractivity contribution in [1.29, 1.82) is 0 Å². The van der Waals surface area contributed by atoms with Crippen LogP contribution in [0.1, 0.15) is 39.8 Å². The van der Waals surface area contributed by atoms with E-state index in [9.17, 15) is 10.1 Å². The Kier molecular flexibility index (Phi) is 5.66. The van der Waals surface area contributed by atoms with Gasteiger partial charge < -0.3 is 10.6 Å². The highest BCUT2D eigenvalue weighted by molar-refractivity contribution is 5.61. The van der Waals surface area contributed by atoms with Gasteiger partial charge in [0.25, 0.3) is 0 Å². The van der Waals surface area contributed by atoms with Crippen molar-refractivity contribution < 1.29 is 4.92 Å². The third-order valence-electron chi connectivity index (χ3n) is 3.14. The SMILES string of the molecule is CCNc1nc(C)c([N+](=O)[O-])c(NC(CC)C(C)C)n1. The van der Waals surface area contributed by atoms with Crippen molar-refractivity contribution in [3.63, 3.8) is 0 Å². The number of nitro groups is 1. The first-order valence-corrected chi connectivity index (χ1v) is 6.94. The summed E-state index contributed by atoms with van der Waals surface area (Å²) in [5.41, 5.74) is 0.313. The molecule has 0 radical (unpaired) electrons. The molecular formula is C13H23N5O2. The molecule has 1 aromatic rings. The van der Waals surface area contributed by atoms with Crippen LogP contribution in [0.25, 0.3) is 0 Å². The predicted octanol–water partition coefficient (Wildman–Crippen LogP) is 2.97. The molecule has 2 N–H and O–H groups in total. The Morgan fingerprint density at radius 2 is 1.95 bits per heavy atom. The van der Waals surface area contributed by atoms with Gasteiger partial charge in [0, 0.05) is 12.6 Å². The highest BCUT2D eigenvalue weighted by Crippen LogP contribution is 2.28. The molecule has 0 aliphatic rings. The average molecular weight is 281 g/mol. The summed E-state index contributed by atoms with van der Waals surface area (Å²) in [5.74, 6) is 1.06. The molecule has 1 unspecified atom stereocenters. The number of aromatic nitrogens is 2. The smallest absolute Gasteiger partial charge is 0.332 e. The molecule has 1 heterocycles. The summed E-state index contributed by atoms with van der Waals surface area (Å²) in [6.07, 6.45) is 0.869. The molecule has 1 rings (SSSR count). The number of nitrogens with zero attached hydrogens (tertiary/aromatic N) is 3. The Labute approximate surface area is 119 Å². The minimum atomic E-state index is -0.430. The van der Waals surface area contributed by atoms with Crippen LogP contribution in [-0.2, 0) is 0 Å². The van der Waals surface area contributed by atoms with Crippen LogP contribution in [0.5, 0.6) is 0 Å². The second-order valence-electron chi connectivity index (χ2n) is 5.02. The van der Waals surface area contributed by atoms with Crippen LogP contribution >= 0.6 is 0 Å². The van der Waals surface area contributed by atoms with Crippen molar-refractivity contribution >= 4 is 17.5 Å². The summed E-state index contributed by atoms with van der Waals surface area (Å²) in [5, 5.41) is 17.4. The van der Waals surface area contributed by atoms with Gasteiger partial charge in [0.2, 0.25) is 11.8 Å². The molecule has 7 nitrogen and oxygen atoms in total. The van der Waals surface area contributed by atoms with Gasteiger partial charge in [-0.1, -0.05) is 20.8 Å². The van der Waals surface area contributed by atoms with Crippen molar-refractivity contribution in [2.75, 3.05) is 17.2 Å². The fourth-order valence-electron chi connectivity index (χ4n) is 2.04. The Balaban J connectivity index is 3.22. The first-order valence-electron chi connectivity index (χ1n) is 6.94. The van der Waals surface area contributed by atoms with E-state index in [2.05, 4.69) is 34.4 Å². The normalized spacial score (nSPS) is 12.3. The maximum absolute atomic E-state index is 11.2. The average Bonchev–Trinajstić information content (AvgIpc) is 2.34. The molecule has 0 aliphatic carbocycles. The summed E-state index contributed by atoms with van der Waals surface area (Å²) in [4.78, 5) is 19.1. The molecule has 7 heteroatoms. The zero-order valence-corrected chi connectivity index (χ0v) is 12.7. The standard InChI is InChI=1S/C13H23N5O2/c1-6-10(8(3)4)16-12-11(18(19)20)9(5)15-13(17-12)14-7-2/h8,10H,6-7H2,1-5H3,(H2,14,15,16,17). The predicted molar refractivity (Wildman–Crippen MR) is 80.1 cm³/mol. The highest BCUT2D eigenvalue weighted by Gasteiger charge is 2.24. The van der Waals surface area contributed by atoms with Crippen molar-refractivity contribution in [1.82, 2.24) is 9.97 Å². The molecule has 0 saturated heterocycles. The Hall–Kier alpha value is -1.92. The second kappa shape index (κ2) is 7.02. The van der Waals surface area contributed by atoms with Crippen LogP contribution in [-0.4, -0.2) is 27.5 Å². The molecule has 0 fully saturated rings. The van der Waals surface area contributed by atoms with Gasteiger partial charge in [0.05, 0.1) is 4.92 Å². The molecule has 0 bridgehead atoms. The quantitative estimate of drug-likeness (QED) is 0.589. The third kappa shape index (κ3) is 3.79. The lowest BCUT2D eigenvalue weighted by molar-refractivity contribution is -0.385. The molecular weight excluding hydrogens is 258 g/mol. The topological polar surface area (TPSA) is 93.0 Å². The van der Waals surface area contributed by atoms with E-state index in [-0.39, 0.29) is 11.7 Å². The van der Waals surface area contributed by atoms with Gasteiger partial charge in [-0.3, -0.25) is 10.1 Å². The first-order chi connectivity index (χ1) is 9.40. The van der Waals surface area contributed by atoms with Gasteiger partial charge >= 0.3 is 5.69 Å². The molecule has 1 atom stereocenters. The molecule has 0 aliphatic heterocycles. The number of hydrogen-bond acceptors (Lipinski definition) is 6. The molecule has 1 aromatic heterocycles. The maximum atomic E-state index is 11.2. The lowest BCUT2D eigenvalue weighted by atomic mass is 10.0. The van der Waals surface area contributed by atoms with E-state index in [1.165, 1.54) is 0 Å². The van der Waals surface area contributed by atoms with E-state index in [0.29, 0.717) is 29.9 Å². The monoisotopic (exact) mass is 281 g/mol. The number of nitrogens with one attached hydrogen (secondary N) is 2. The summed E-state index contributed by atoms with van der Waals surface area (Å²) in [7, 11) is 0. The van der Waals surface area contributed by atoms with Crippen LogP contribution in [0.4, 0.5) is 17.5 Å². The van der Waals surface area contributed by atoms with Gasteiger partial charge in [-0.2, -0.15) is 4.98 Å². The third-order valence-corrected chi connectivity index (χ3v) is 3.14. The zero-order chi connectivity index (χ0) is 15.3. The zero-order valence-electron chi connectivity index (χ0n) is 12.7. The largest absolute Gasteiger partial charge is 0.361 e. The van der Waals surface area contributed by atoms with Gasteiger partial charge in [-0.25, -0.2) is 4.98 Å². The fourth-order valence-corrected chi connectivity index (χ4v) is 2.04. The van der Waals surface area contributed by atoms with E-state index in [1.807, 2.05) is 13.8 Å². The molecule has 0 aromatic carbocycles. The number of rotatable bonds is 7. The van der Waals surface area contributed by atoms with Gasteiger partial charge in [0.1, 0.15) is 5.69 Å². The Morgan fingerprint density at radius 3 is 2.40 bits per heavy atom. The van der Waals surface area contributed by atoms with Gasteiger partial charge in [-0.05, 0) is 26.2 Å². The Morgan fingerprint density at radius 1 is 1.30 bits per heavy atom. The van der Waals surface area contributed by atoms with Crippen molar-refractivity contribution in [3.05, 3.63) is 15.8 Å². The minimum absolute atomic E-state index is 0.0502. The van der Waals surface area contributed by atoms with Crippen LogP contribution in [0.2, 0.25) is 0 Å². The minimum Gasteiger partial charge on any atom is -0.361 e. The van der Waals surface area contributed by atoms with Crippen LogP contribution in [0.15, 0.2) is 0 Å². The molecule has 0 saturated carbocycles. The van der Waals surface area contributed by atoms with E-state index in [4.69, 9.17) is 0 Å². The van der Waals surface area contributed by atoms with E-state index in [1.54, 1.807) is 6.92 Å². The number of anilines is 2. The van der Waals surface area contributed by atoms with E-state index >= 15 is 0 Å². The Bertz CT molecular complexity index is 476. The fraction of sp³-hybridized carbons (Fsp3) is 0.692. The van der Waals surface area contributed by atoms with Crippen LogP contribution in [0, 0.1) is 23.0 Å². The summed E-state index contributed by atoms with van der Waals surface area (Å²) < 4.78 is 0. The lowest BCUT2D eigenvalue weighted by Crippen LogP contribution is -2.26. The lowest BCUT2D eigenvalue weighted by Gasteiger charge is -2.21. The summed E-state index contributed by atoms with van der Waals surface area (Å²) in [6, 6.07) is 0.137. The molecule has 0 amide bonds. The van der Waals surface area contributed by atoms with E-state index in [0.717, 1.165) is 6.42 Å². The highest BCUT2D eigenvalue weighted by atomic mass is 16.6. The van der Waals surface area contributed by atoms with Gasteiger partial charge in [0.15, 0.2) is 0 Å². The summed E-state index contributed by atoms with van der Waals surface area (Å²) >= 11 is 0. The van der Waals surface area contributed by atoms with Crippen LogP contribution in [0.3, 0.4) is 0 Å². The van der Waals surface area contributed by atoms with Gasteiger partial charge in [-0.15, -0.1) is 0 Å². The number of hydrogen-bond donors (Lipinski definition) is 2. The van der Waals surface area contributed by atoms with Crippen molar-refractivity contribution in [3.8, 4) is 0 Å². The maximum Gasteiger partial charge on any atom is 0.332 e. The molecule has 112 valence electrons. The molecule has 0 spiro atoms. The van der Waals surface area contributed by atoms with Crippen molar-refractivity contribution in [2.24, 2.45) is 5.92 Å². The van der Waals surface area contributed by atoms with Crippen molar-refractivity contribution in [2.45, 2.75) is 47.1 Å². The van der Waals surface area contributed by atoms with E-state index < -0.39 is 4.92 Å².